The Hall–Kier alpha value is -1.12. The summed E-state index contributed by atoms with van der Waals surface area (Å²) in [5.41, 5.74) is 0.475. The van der Waals surface area contributed by atoms with Crippen LogP contribution in [0.5, 0.6) is 5.75 Å². The van der Waals surface area contributed by atoms with Gasteiger partial charge in [-0.2, -0.15) is 4.39 Å². The summed E-state index contributed by atoms with van der Waals surface area (Å²) in [5, 5.41) is 0. The molecule has 2 fully saturated rings. The van der Waals surface area contributed by atoms with Crippen LogP contribution in [0, 0.1) is 35.3 Å². The first-order valence-corrected chi connectivity index (χ1v) is 12.7. The Balaban J connectivity index is 1.41. The maximum Gasteiger partial charge on any atom is 0.200 e. The summed E-state index contributed by atoms with van der Waals surface area (Å²) < 4.78 is 34.5. The van der Waals surface area contributed by atoms with Crippen molar-refractivity contribution < 1.29 is 13.5 Å². The van der Waals surface area contributed by atoms with Gasteiger partial charge in [-0.1, -0.05) is 58.4 Å². The summed E-state index contributed by atoms with van der Waals surface area (Å²) in [7, 11) is 0. The SMILES string of the molecule is CCCCCc1ccc(OCC2CCC([C@H]3CC[C@H](CCC)CC3)CC2)c(F)c1F. The van der Waals surface area contributed by atoms with Gasteiger partial charge in [-0.3, -0.25) is 0 Å². The van der Waals surface area contributed by atoms with Crippen molar-refractivity contribution in [2.45, 2.75) is 104 Å². The van der Waals surface area contributed by atoms with Gasteiger partial charge >= 0.3 is 0 Å². The van der Waals surface area contributed by atoms with E-state index < -0.39 is 11.6 Å². The minimum absolute atomic E-state index is 0.0862. The van der Waals surface area contributed by atoms with Crippen molar-refractivity contribution >= 4 is 0 Å². The van der Waals surface area contributed by atoms with Gasteiger partial charge in [0, 0.05) is 0 Å². The van der Waals surface area contributed by atoms with Crippen LogP contribution in [-0.4, -0.2) is 6.61 Å². The van der Waals surface area contributed by atoms with E-state index in [1.165, 1.54) is 64.2 Å². The van der Waals surface area contributed by atoms with Crippen molar-refractivity contribution in [3.8, 4) is 5.75 Å². The number of ether oxygens (including phenoxy) is 1. The van der Waals surface area contributed by atoms with E-state index in [1.54, 1.807) is 12.1 Å². The summed E-state index contributed by atoms with van der Waals surface area (Å²) in [6.07, 6.45) is 17.0. The molecule has 2 aliphatic rings. The molecule has 1 nitrogen and oxygen atoms in total. The van der Waals surface area contributed by atoms with E-state index in [2.05, 4.69) is 13.8 Å². The lowest BCUT2D eigenvalue weighted by Gasteiger charge is -2.37. The largest absolute Gasteiger partial charge is 0.490 e. The zero-order chi connectivity index (χ0) is 21.3. The highest BCUT2D eigenvalue weighted by Crippen LogP contribution is 2.42. The molecule has 2 aliphatic carbocycles. The zero-order valence-electron chi connectivity index (χ0n) is 19.2. The van der Waals surface area contributed by atoms with Crippen LogP contribution < -0.4 is 4.74 Å². The fraction of sp³-hybridized carbons (Fsp3) is 0.778. The Kier molecular flexibility index (Phi) is 9.46. The lowest BCUT2D eigenvalue weighted by Crippen LogP contribution is -2.27. The van der Waals surface area contributed by atoms with Gasteiger partial charge in [-0.15, -0.1) is 0 Å². The molecule has 3 heteroatoms. The molecular weight excluding hydrogens is 378 g/mol. The van der Waals surface area contributed by atoms with Gasteiger partial charge in [0.1, 0.15) is 0 Å². The average Bonchev–Trinajstić information content (AvgIpc) is 2.77. The molecule has 0 aliphatic heterocycles. The lowest BCUT2D eigenvalue weighted by atomic mass is 9.69. The van der Waals surface area contributed by atoms with Gasteiger partial charge < -0.3 is 4.74 Å². The molecule has 1 aromatic carbocycles. The minimum atomic E-state index is -0.804. The van der Waals surface area contributed by atoms with E-state index in [0.717, 1.165) is 37.0 Å². The normalized spacial score (nSPS) is 27.2. The monoisotopic (exact) mass is 420 g/mol. The lowest BCUT2D eigenvalue weighted by molar-refractivity contribution is 0.120. The Bertz CT molecular complexity index is 628. The second kappa shape index (κ2) is 12.1. The third-order valence-electron chi connectivity index (χ3n) is 7.80. The molecular formula is C27H42F2O. The molecule has 1 aromatic rings. The van der Waals surface area contributed by atoms with Crippen molar-refractivity contribution in [2.24, 2.45) is 23.7 Å². The van der Waals surface area contributed by atoms with E-state index in [1.807, 2.05) is 0 Å². The number of halogens is 2. The summed E-state index contributed by atoms with van der Waals surface area (Å²) >= 11 is 0. The molecule has 0 N–H and O–H groups in total. The van der Waals surface area contributed by atoms with Crippen molar-refractivity contribution in [3.63, 3.8) is 0 Å². The molecule has 0 spiro atoms. The Morgan fingerprint density at radius 3 is 2.00 bits per heavy atom. The maximum atomic E-state index is 14.4. The van der Waals surface area contributed by atoms with E-state index in [0.29, 0.717) is 24.5 Å². The summed E-state index contributed by atoms with van der Waals surface area (Å²) in [4.78, 5) is 0. The standard InChI is InChI=1S/C27H42F2O/c1-3-5-6-8-24-17-18-25(27(29)26(24)28)30-19-21-11-15-23(16-12-21)22-13-9-20(7-4-2)10-14-22/h17-18,20-23H,3-16,19H2,1-2H3/t20-,21?,22-,23?. The highest BCUT2D eigenvalue weighted by Gasteiger charge is 2.31. The number of unbranched alkanes of at least 4 members (excludes halogenated alkanes) is 2. The van der Waals surface area contributed by atoms with Gasteiger partial charge in [-0.05, 0) is 86.7 Å². The maximum absolute atomic E-state index is 14.4. The molecule has 3 rings (SSSR count). The van der Waals surface area contributed by atoms with E-state index in [-0.39, 0.29) is 5.75 Å². The Morgan fingerprint density at radius 1 is 0.767 bits per heavy atom. The molecule has 0 saturated heterocycles. The molecule has 0 amide bonds. The van der Waals surface area contributed by atoms with E-state index in [4.69, 9.17) is 4.74 Å². The number of benzene rings is 1. The van der Waals surface area contributed by atoms with Gasteiger partial charge in [0.15, 0.2) is 11.6 Å². The minimum Gasteiger partial charge on any atom is -0.490 e. The van der Waals surface area contributed by atoms with E-state index >= 15 is 0 Å². The third-order valence-corrected chi connectivity index (χ3v) is 7.80. The first-order chi connectivity index (χ1) is 14.6. The van der Waals surface area contributed by atoms with Crippen LogP contribution in [0.1, 0.15) is 103 Å². The van der Waals surface area contributed by atoms with Crippen molar-refractivity contribution in [2.75, 3.05) is 6.61 Å². The quantitative estimate of drug-likeness (QED) is 0.345. The predicted molar refractivity (Wildman–Crippen MR) is 121 cm³/mol. The highest BCUT2D eigenvalue weighted by atomic mass is 19.2. The number of hydrogen-bond donors (Lipinski definition) is 0. The Morgan fingerprint density at radius 2 is 1.40 bits per heavy atom. The van der Waals surface area contributed by atoms with Crippen molar-refractivity contribution in [3.05, 3.63) is 29.3 Å². The number of hydrogen-bond acceptors (Lipinski definition) is 1. The molecule has 170 valence electrons. The first-order valence-electron chi connectivity index (χ1n) is 12.7. The van der Waals surface area contributed by atoms with Crippen LogP contribution >= 0.6 is 0 Å². The first kappa shape index (κ1) is 23.5. The molecule has 0 radical (unpaired) electrons. The Labute approximate surface area is 183 Å². The topological polar surface area (TPSA) is 9.23 Å². The fourth-order valence-electron chi connectivity index (χ4n) is 5.83. The number of aryl methyl sites for hydroxylation is 1. The molecule has 0 unspecified atom stereocenters. The zero-order valence-corrected chi connectivity index (χ0v) is 19.2. The van der Waals surface area contributed by atoms with Crippen LogP contribution in [0.25, 0.3) is 0 Å². The smallest absolute Gasteiger partial charge is 0.200 e. The van der Waals surface area contributed by atoms with Gasteiger partial charge in [-0.25, -0.2) is 4.39 Å². The molecule has 0 heterocycles. The van der Waals surface area contributed by atoms with Gasteiger partial charge in [0.2, 0.25) is 5.82 Å². The molecule has 0 atom stereocenters. The third kappa shape index (κ3) is 6.44. The number of rotatable bonds is 10. The molecule has 30 heavy (non-hydrogen) atoms. The van der Waals surface area contributed by atoms with Crippen LogP contribution in [-0.2, 0) is 6.42 Å². The average molecular weight is 421 g/mol. The van der Waals surface area contributed by atoms with Crippen LogP contribution in [0.2, 0.25) is 0 Å². The summed E-state index contributed by atoms with van der Waals surface area (Å²) in [6, 6.07) is 3.33. The van der Waals surface area contributed by atoms with Crippen molar-refractivity contribution in [1.82, 2.24) is 0 Å². The summed E-state index contributed by atoms with van der Waals surface area (Å²) in [5.74, 6) is 1.82. The molecule has 0 aromatic heterocycles. The highest BCUT2D eigenvalue weighted by molar-refractivity contribution is 5.31. The second-order valence-corrected chi connectivity index (χ2v) is 9.97. The fourth-order valence-corrected chi connectivity index (χ4v) is 5.83. The van der Waals surface area contributed by atoms with Gasteiger partial charge in [0.05, 0.1) is 6.61 Å². The van der Waals surface area contributed by atoms with Gasteiger partial charge in [0.25, 0.3) is 0 Å². The molecule has 2 saturated carbocycles. The van der Waals surface area contributed by atoms with E-state index in [9.17, 15) is 8.78 Å². The van der Waals surface area contributed by atoms with Crippen LogP contribution in [0.15, 0.2) is 12.1 Å². The molecule has 0 bridgehead atoms. The summed E-state index contributed by atoms with van der Waals surface area (Å²) in [6.45, 7) is 4.93. The van der Waals surface area contributed by atoms with Crippen molar-refractivity contribution in [1.29, 1.82) is 0 Å². The van der Waals surface area contributed by atoms with Crippen LogP contribution in [0.4, 0.5) is 8.78 Å². The second-order valence-electron chi connectivity index (χ2n) is 9.97. The predicted octanol–water partition coefficient (Wildman–Crippen LogP) is 8.49. The van der Waals surface area contributed by atoms with Crippen LogP contribution in [0.3, 0.4) is 0 Å².